The Morgan fingerprint density at radius 3 is 2.46 bits per heavy atom. The van der Waals surface area contributed by atoms with Crippen molar-refractivity contribution in [3.05, 3.63) is 78.4 Å². The van der Waals surface area contributed by atoms with Gasteiger partial charge in [-0.1, -0.05) is 78.5 Å². The number of thioether (sulfide) groups is 1. The van der Waals surface area contributed by atoms with E-state index in [9.17, 15) is 0 Å². The molecule has 2 unspecified atom stereocenters. The quantitative estimate of drug-likeness (QED) is 0.296. The van der Waals surface area contributed by atoms with Gasteiger partial charge in [-0.25, -0.2) is 0 Å². The van der Waals surface area contributed by atoms with E-state index in [0.29, 0.717) is 0 Å². The molecule has 0 radical (unpaired) electrons. The summed E-state index contributed by atoms with van der Waals surface area (Å²) in [6.45, 7) is 0. The van der Waals surface area contributed by atoms with E-state index in [-0.39, 0.29) is 11.2 Å². The predicted molar refractivity (Wildman–Crippen MR) is 114 cm³/mol. The molecule has 4 aromatic rings. The molecular weight excluding hydrogens is 411 g/mol. The lowest BCUT2D eigenvalue weighted by Crippen LogP contribution is -2.06. The zero-order chi connectivity index (χ0) is 19.1. The number of hydrogen-bond donors (Lipinski definition) is 0. The molecule has 4 nitrogen and oxygen atoms in total. The molecule has 5 rings (SSSR count). The molecule has 1 aromatic heterocycles. The van der Waals surface area contributed by atoms with Gasteiger partial charge in [0.2, 0.25) is 5.16 Å². The highest BCUT2D eigenvalue weighted by molar-refractivity contribution is 7.99. The van der Waals surface area contributed by atoms with E-state index < -0.39 is 4.33 Å². The minimum atomic E-state index is -0.689. The molecule has 1 fully saturated rings. The minimum Gasteiger partial charge on any atom is -0.187 e. The van der Waals surface area contributed by atoms with Gasteiger partial charge in [0.05, 0.1) is 5.69 Å². The van der Waals surface area contributed by atoms with Crippen LogP contribution in [0.3, 0.4) is 0 Å². The zero-order valence-corrected chi connectivity index (χ0v) is 17.1. The lowest BCUT2D eigenvalue weighted by atomic mass is 10.1. The van der Waals surface area contributed by atoms with E-state index in [1.165, 1.54) is 5.56 Å². The van der Waals surface area contributed by atoms with Gasteiger partial charge < -0.3 is 0 Å². The molecule has 140 valence electrons. The third-order valence-corrected chi connectivity index (χ3v) is 7.23. The minimum absolute atomic E-state index is 0.0796. The van der Waals surface area contributed by atoms with E-state index in [1.807, 2.05) is 42.5 Å². The van der Waals surface area contributed by atoms with Crippen molar-refractivity contribution in [2.45, 2.75) is 21.2 Å². The fraction of sp³-hybridized carbons (Fsp3) is 0.190. The van der Waals surface area contributed by atoms with E-state index in [4.69, 9.17) is 23.2 Å². The number of alkyl halides is 2. The molecule has 0 amide bonds. The number of fused-ring (bicyclic) bond motifs is 1. The Hall–Kier alpha value is -2.08. The summed E-state index contributed by atoms with van der Waals surface area (Å²) in [4.78, 5) is 0. The van der Waals surface area contributed by atoms with Crippen molar-refractivity contribution in [3.8, 4) is 5.69 Å². The maximum absolute atomic E-state index is 6.42. The van der Waals surface area contributed by atoms with Crippen molar-refractivity contribution < 1.29 is 0 Å². The first kappa shape index (κ1) is 18.0. The Balaban J connectivity index is 1.55. The number of halogens is 2. The molecule has 0 spiro atoms. The summed E-state index contributed by atoms with van der Waals surface area (Å²) < 4.78 is 1.11. The molecule has 1 aliphatic carbocycles. The van der Waals surface area contributed by atoms with Crippen molar-refractivity contribution in [1.29, 1.82) is 0 Å². The second kappa shape index (κ2) is 7.07. The van der Waals surface area contributed by atoms with E-state index in [1.54, 1.807) is 16.4 Å². The third kappa shape index (κ3) is 3.28. The van der Waals surface area contributed by atoms with Gasteiger partial charge >= 0.3 is 0 Å². The van der Waals surface area contributed by atoms with Crippen LogP contribution in [-0.2, 0) is 0 Å². The lowest BCUT2D eigenvalue weighted by Gasteiger charge is -2.17. The summed E-state index contributed by atoms with van der Waals surface area (Å²) >= 11 is 14.5. The Kier molecular flexibility index (Phi) is 4.54. The van der Waals surface area contributed by atoms with Crippen LogP contribution in [0.15, 0.2) is 78.0 Å². The van der Waals surface area contributed by atoms with Crippen LogP contribution in [0, 0.1) is 5.92 Å². The van der Waals surface area contributed by atoms with Crippen LogP contribution in [0.1, 0.15) is 17.2 Å². The molecule has 2 atom stereocenters. The van der Waals surface area contributed by atoms with Crippen LogP contribution < -0.4 is 0 Å². The van der Waals surface area contributed by atoms with Crippen molar-refractivity contribution in [2.24, 2.45) is 5.92 Å². The van der Waals surface area contributed by atoms with Gasteiger partial charge in [-0.05, 0) is 33.9 Å². The monoisotopic (exact) mass is 426 g/mol. The fourth-order valence-electron chi connectivity index (χ4n) is 3.50. The predicted octanol–water partition coefficient (Wildman–Crippen LogP) is 5.84. The highest BCUT2D eigenvalue weighted by Gasteiger charge is 2.56. The normalized spacial score (nSPS) is 18.9. The second-order valence-electron chi connectivity index (χ2n) is 6.89. The third-order valence-electron chi connectivity index (χ3n) is 5.04. The maximum Gasteiger partial charge on any atom is 0.214 e. The Morgan fingerprint density at radius 2 is 1.68 bits per heavy atom. The maximum atomic E-state index is 6.42. The van der Waals surface area contributed by atoms with Crippen LogP contribution in [0.25, 0.3) is 16.5 Å². The number of benzene rings is 3. The highest BCUT2D eigenvalue weighted by atomic mass is 35.5. The van der Waals surface area contributed by atoms with Gasteiger partial charge in [-0.15, -0.1) is 28.3 Å². The average Bonchev–Trinajstić information content (AvgIpc) is 3.12. The van der Waals surface area contributed by atoms with Crippen LogP contribution >= 0.6 is 35.0 Å². The topological polar surface area (TPSA) is 43.6 Å². The summed E-state index contributed by atoms with van der Waals surface area (Å²) in [5, 5.41) is 15.6. The number of hydrogen-bond acceptors (Lipinski definition) is 4. The average molecular weight is 427 g/mol. The zero-order valence-electron chi connectivity index (χ0n) is 14.7. The van der Waals surface area contributed by atoms with E-state index in [0.717, 1.165) is 28.0 Å². The van der Waals surface area contributed by atoms with Crippen LogP contribution in [-0.4, -0.2) is 24.5 Å². The molecular formula is C21H16Cl2N4S. The van der Waals surface area contributed by atoms with E-state index >= 15 is 0 Å². The lowest BCUT2D eigenvalue weighted by molar-refractivity contribution is 0.749. The SMILES string of the molecule is ClC1(Cl)CC1C(Sc1nnnn1-c1cccc2ccccc12)c1ccccc1. The molecule has 1 saturated carbocycles. The van der Waals surface area contributed by atoms with Crippen LogP contribution in [0.2, 0.25) is 0 Å². The summed E-state index contributed by atoms with van der Waals surface area (Å²) in [5.74, 6) is 0.154. The molecule has 0 bridgehead atoms. The number of nitrogens with zero attached hydrogens (tertiary/aromatic N) is 4. The Morgan fingerprint density at radius 1 is 0.964 bits per heavy atom. The molecule has 1 aliphatic rings. The summed E-state index contributed by atoms with van der Waals surface area (Å²) in [5.41, 5.74) is 2.13. The first-order valence-corrected chi connectivity index (χ1v) is 10.6. The summed E-state index contributed by atoms with van der Waals surface area (Å²) in [6, 6.07) is 24.6. The number of rotatable bonds is 5. The summed E-state index contributed by atoms with van der Waals surface area (Å²) in [7, 11) is 0. The fourth-order valence-corrected chi connectivity index (χ4v) is 5.56. The van der Waals surface area contributed by atoms with Gasteiger partial charge in [-0.3, -0.25) is 0 Å². The van der Waals surface area contributed by atoms with Crippen molar-refractivity contribution in [2.75, 3.05) is 0 Å². The van der Waals surface area contributed by atoms with E-state index in [2.05, 4.69) is 45.9 Å². The van der Waals surface area contributed by atoms with Crippen molar-refractivity contribution in [3.63, 3.8) is 0 Å². The number of tetrazole rings is 1. The molecule has 3 aromatic carbocycles. The highest BCUT2D eigenvalue weighted by Crippen LogP contribution is 2.63. The first-order chi connectivity index (χ1) is 13.6. The second-order valence-corrected chi connectivity index (χ2v) is 9.54. The van der Waals surface area contributed by atoms with Gasteiger partial charge in [-0.2, -0.15) is 4.68 Å². The van der Waals surface area contributed by atoms with Crippen molar-refractivity contribution in [1.82, 2.24) is 20.2 Å². The molecule has 0 saturated heterocycles. The van der Waals surface area contributed by atoms with Gasteiger partial charge in [0.1, 0.15) is 4.33 Å². The number of aromatic nitrogens is 4. The van der Waals surface area contributed by atoms with Crippen LogP contribution in [0.4, 0.5) is 0 Å². The smallest absolute Gasteiger partial charge is 0.187 e. The van der Waals surface area contributed by atoms with Gasteiger partial charge in [0, 0.05) is 16.6 Å². The Bertz CT molecular complexity index is 1120. The van der Waals surface area contributed by atoms with Crippen LogP contribution in [0.5, 0.6) is 0 Å². The standard InChI is InChI=1S/C21H16Cl2N4S/c22-21(23)13-17(21)19(15-8-2-1-3-9-15)28-20-24-25-26-27(20)18-12-6-10-14-7-4-5-11-16(14)18/h1-12,17,19H,13H2. The molecule has 0 N–H and O–H groups in total. The molecule has 28 heavy (non-hydrogen) atoms. The largest absolute Gasteiger partial charge is 0.214 e. The molecule has 1 heterocycles. The molecule has 0 aliphatic heterocycles. The van der Waals surface area contributed by atoms with Crippen molar-refractivity contribution >= 4 is 45.7 Å². The summed E-state index contributed by atoms with van der Waals surface area (Å²) in [6.07, 6.45) is 0.762. The first-order valence-electron chi connectivity index (χ1n) is 8.99. The molecule has 7 heteroatoms. The Labute approximate surface area is 176 Å². The van der Waals surface area contributed by atoms with Gasteiger partial charge in [0.25, 0.3) is 0 Å². The van der Waals surface area contributed by atoms with Gasteiger partial charge in [0.15, 0.2) is 0 Å².